The van der Waals surface area contributed by atoms with E-state index in [4.69, 9.17) is 21.8 Å². The number of hydrogen-bond acceptors (Lipinski definition) is 6. The number of rotatable bonds is 6. The lowest BCUT2D eigenvalue weighted by atomic mass is 9.82. The summed E-state index contributed by atoms with van der Waals surface area (Å²) in [6.07, 6.45) is 0. The molecule has 0 saturated heterocycles. The van der Waals surface area contributed by atoms with Crippen molar-refractivity contribution in [3.8, 4) is 68.8 Å². The molecule has 1 aliphatic carbocycles. The van der Waals surface area contributed by atoms with Crippen LogP contribution in [0.15, 0.2) is 291 Å². The van der Waals surface area contributed by atoms with Crippen molar-refractivity contribution in [2.75, 3.05) is 0 Å². The molecule has 0 bridgehead atoms. The molecule has 0 amide bonds. The predicted octanol–water partition coefficient (Wildman–Crippen LogP) is 21.0. The molecule has 0 N–H and O–H groups in total. The van der Waals surface area contributed by atoms with Crippen molar-refractivity contribution >= 4 is 109 Å². The van der Waals surface area contributed by atoms with Crippen LogP contribution in [0.5, 0.6) is 0 Å². The Kier molecular flexibility index (Phi) is 11.1. The lowest BCUT2D eigenvalue weighted by molar-refractivity contribution is 0.660. The van der Waals surface area contributed by atoms with Gasteiger partial charge in [-0.15, -0.1) is 0 Å². The summed E-state index contributed by atoms with van der Waals surface area (Å²) in [5, 5.41) is 29.9. The van der Waals surface area contributed by atoms with Crippen molar-refractivity contribution in [1.82, 2.24) is 38.2 Å². The van der Waals surface area contributed by atoms with Gasteiger partial charge < -0.3 is 9.13 Å². The highest BCUT2D eigenvalue weighted by Crippen LogP contribution is 2.50. The molecule has 0 radical (unpaired) electrons. The molecule has 452 valence electrons. The van der Waals surface area contributed by atoms with Crippen LogP contribution >= 0.6 is 0 Å². The van der Waals surface area contributed by atoms with Crippen LogP contribution in [0, 0.1) is 22.7 Å². The molecule has 1 aliphatic rings. The molecule has 0 saturated carbocycles. The maximum absolute atomic E-state index is 9.99. The molecule has 0 fully saturated rings. The fourth-order valence-corrected chi connectivity index (χ4v) is 15.2. The van der Waals surface area contributed by atoms with E-state index in [0.717, 1.165) is 98.6 Å². The zero-order valence-electron chi connectivity index (χ0n) is 57.3. The Morgan fingerprint density at radius 3 is 1.10 bits per heavy atom. The van der Waals surface area contributed by atoms with Gasteiger partial charge in [-0.05, 0) is 166 Å². The Labute approximate surface area is 563 Å². The van der Waals surface area contributed by atoms with Gasteiger partial charge in [-0.25, -0.2) is 19.9 Å². The number of nitriles is 2. The molecule has 97 heavy (non-hydrogen) atoms. The number of para-hydroxylation sites is 7. The second-order valence-corrected chi connectivity index (χ2v) is 25.2. The van der Waals surface area contributed by atoms with Crippen LogP contribution in [0.4, 0.5) is 0 Å². The SMILES string of the molecule is CC1(C)c2ccccc2-c2ccc(-n3c4ccccc4c4cc(-c5ccc6c(c5)c5ccccc5n6-c5nc(C#N)c6ccccc6n5)ccc43)cc21.[2H]c1c([2H])c([2H])c(-n2c3ccccc3c3cc(-c4ccc5c(c4)c4ccccc4n5-c4nc(C#N)c5ccccc5n4)ccc32)c([2H])c1[2H]. The smallest absolute Gasteiger partial charge is 0.236 e. The molecule has 0 aliphatic heterocycles. The van der Waals surface area contributed by atoms with Crippen LogP contribution in [-0.2, 0) is 5.41 Å². The van der Waals surface area contributed by atoms with Crippen molar-refractivity contribution in [2.45, 2.75) is 19.3 Å². The van der Waals surface area contributed by atoms with E-state index in [2.05, 4.69) is 192 Å². The van der Waals surface area contributed by atoms with Gasteiger partial charge in [0.15, 0.2) is 11.4 Å². The van der Waals surface area contributed by atoms with Crippen molar-refractivity contribution < 1.29 is 6.85 Å². The summed E-state index contributed by atoms with van der Waals surface area (Å²) in [4.78, 5) is 19.2. The number of fused-ring (bicyclic) bond motifs is 17. The first-order valence-electron chi connectivity index (χ1n) is 34.7. The Hall–Kier alpha value is -13.3. The molecule has 19 aromatic rings. The average Bonchev–Trinajstić information content (AvgIpc) is 2.53. The molecule has 10 heteroatoms. The molecule has 0 unspecified atom stereocenters. The predicted molar refractivity (Wildman–Crippen MR) is 394 cm³/mol. The summed E-state index contributed by atoms with van der Waals surface area (Å²) in [5.41, 5.74) is 20.7. The lowest BCUT2D eigenvalue weighted by Crippen LogP contribution is -2.15. The molecule has 6 aromatic heterocycles. The first-order valence-corrected chi connectivity index (χ1v) is 32.2. The van der Waals surface area contributed by atoms with Gasteiger partial charge in [0.1, 0.15) is 12.1 Å². The van der Waals surface area contributed by atoms with Crippen LogP contribution in [0.1, 0.15) is 43.2 Å². The first kappa shape index (κ1) is 50.3. The highest BCUT2D eigenvalue weighted by Gasteiger charge is 2.36. The van der Waals surface area contributed by atoms with Gasteiger partial charge in [-0.1, -0.05) is 184 Å². The molecule has 0 spiro atoms. The fourth-order valence-electron chi connectivity index (χ4n) is 15.2. The molecular formula is C87H54N10. The number of hydrogen-bond donors (Lipinski definition) is 0. The minimum absolute atomic E-state index is 0.0753. The zero-order chi connectivity index (χ0) is 69.0. The van der Waals surface area contributed by atoms with Crippen molar-refractivity contribution in [3.05, 3.63) is 314 Å². The first-order chi connectivity index (χ1) is 49.8. The van der Waals surface area contributed by atoms with E-state index in [0.29, 0.717) is 34.2 Å². The van der Waals surface area contributed by atoms with Crippen molar-refractivity contribution in [3.63, 3.8) is 0 Å². The lowest BCUT2D eigenvalue weighted by Gasteiger charge is -2.22. The maximum atomic E-state index is 9.99. The van der Waals surface area contributed by atoms with Gasteiger partial charge in [0, 0.05) is 70.7 Å². The third-order valence-electron chi connectivity index (χ3n) is 19.7. The maximum Gasteiger partial charge on any atom is 0.236 e. The van der Waals surface area contributed by atoms with Gasteiger partial charge in [0.05, 0.1) is 62.0 Å². The quantitative estimate of drug-likeness (QED) is 0.164. The van der Waals surface area contributed by atoms with Crippen LogP contribution < -0.4 is 0 Å². The van der Waals surface area contributed by atoms with Crippen LogP contribution in [-0.4, -0.2) is 38.2 Å². The number of benzene rings is 13. The van der Waals surface area contributed by atoms with E-state index in [-0.39, 0.29) is 35.3 Å². The molecular weight excluding hydrogens is 1190 g/mol. The largest absolute Gasteiger partial charge is 0.309 e. The topological polar surface area (TPSA) is 119 Å². The Morgan fingerprint density at radius 1 is 0.309 bits per heavy atom. The van der Waals surface area contributed by atoms with E-state index in [1.807, 2.05) is 114 Å². The Morgan fingerprint density at radius 2 is 0.660 bits per heavy atom. The van der Waals surface area contributed by atoms with E-state index in [1.165, 1.54) is 49.7 Å². The average molecular weight is 1240 g/mol. The highest BCUT2D eigenvalue weighted by atomic mass is 15.2. The third-order valence-corrected chi connectivity index (χ3v) is 19.7. The summed E-state index contributed by atoms with van der Waals surface area (Å²) in [6.45, 7) is 4.68. The highest BCUT2D eigenvalue weighted by molar-refractivity contribution is 6.15. The minimum atomic E-state index is -0.420. The van der Waals surface area contributed by atoms with Crippen molar-refractivity contribution in [2.24, 2.45) is 0 Å². The van der Waals surface area contributed by atoms with Crippen molar-refractivity contribution in [1.29, 1.82) is 10.5 Å². The van der Waals surface area contributed by atoms with Gasteiger partial charge in [0.25, 0.3) is 0 Å². The van der Waals surface area contributed by atoms with Crippen LogP contribution in [0.3, 0.4) is 0 Å². The summed E-state index contributed by atoms with van der Waals surface area (Å²) < 4.78 is 50.3. The van der Waals surface area contributed by atoms with E-state index in [1.54, 1.807) is 4.57 Å². The molecule has 13 aromatic carbocycles. The zero-order valence-corrected chi connectivity index (χ0v) is 52.3. The fraction of sp³-hybridized carbons (Fsp3) is 0.0345. The Bertz CT molecular complexity index is 6950. The summed E-state index contributed by atoms with van der Waals surface area (Å²) in [6, 6.07) is 92.5. The van der Waals surface area contributed by atoms with E-state index in [9.17, 15) is 10.5 Å². The van der Waals surface area contributed by atoms with Crippen LogP contribution in [0.25, 0.3) is 166 Å². The van der Waals surface area contributed by atoms with Gasteiger partial charge in [-0.2, -0.15) is 10.5 Å². The van der Waals surface area contributed by atoms with Crippen LogP contribution in [0.2, 0.25) is 0 Å². The second-order valence-electron chi connectivity index (χ2n) is 25.2. The minimum Gasteiger partial charge on any atom is -0.309 e. The number of nitrogens with zero attached hydrogens (tertiary/aromatic N) is 10. The summed E-state index contributed by atoms with van der Waals surface area (Å²) in [5.74, 6) is 0.920. The monoisotopic (exact) mass is 1240 g/mol. The van der Waals surface area contributed by atoms with Gasteiger partial charge in [0.2, 0.25) is 11.9 Å². The summed E-state index contributed by atoms with van der Waals surface area (Å²) in [7, 11) is 0. The normalized spacial score (nSPS) is 13.2. The second kappa shape index (κ2) is 21.4. The molecule has 20 rings (SSSR count). The molecule has 10 nitrogen and oxygen atoms in total. The molecule has 6 heterocycles. The summed E-state index contributed by atoms with van der Waals surface area (Å²) >= 11 is 0. The standard InChI is InChI=1S/C48H31N5.C39H23N5/c1-48(2)39-15-7-3-11-32(39)33-22-21-31(27-40(33)48)52-43-17-9-5-12-34(43)37-25-29(19-23-45(37)52)30-20-24-46-38(26-30)35-13-6-10-18-44(35)53(46)47-50-41-16-8-4-14-36(41)42(28-49)51-47;40-24-34-30-14-4-7-15-33(30)41-39(42-34)44-36-17-9-6-13-29(36)32-23-26(19-21-38(32)44)25-18-20-37-31(22-25)28-12-5-8-16-35(28)43(37)27-10-2-1-3-11-27/h3-27H,1-2H3;1-23H/i;1D,2D,3D,10D,11D. The van der Waals surface area contributed by atoms with E-state index >= 15 is 0 Å². The van der Waals surface area contributed by atoms with Gasteiger partial charge >= 0.3 is 0 Å². The van der Waals surface area contributed by atoms with E-state index < -0.39 is 6.04 Å². The Balaban J connectivity index is 0.000000142. The van der Waals surface area contributed by atoms with Gasteiger partial charge in [-0.3, -0.25) is 9.13 Å². The third kappa shape index (κ3) is 8.44. The number of aromatic nitrogens is 8. The molecule has 0 atom stereocenters.